The van der Waals surface area contributed by atoms with Crippen molar-refractivity contribution in [3.05, 3.63) is 47.5 Å². The number of benzene rings is 1. The van der Waals surface area contributed by atoms with Crippen LogP contribution in [0.1, 0.15) is 11.4 Å². The van der Waals surface area contributed by atoms with Gasteiger partial charge in [-0.25, -0.2) is 22.8 Å². The van der Waals surface area contributed by atoms with Crippen LogP contribution in [-0.4, -0.2) is 48.9 Å². The molecule has 0 spiro atoms. The SMILES string of the molecule is Cc1cc(C)nc(N2CCN(S(=O)(=O)c3ccc(F)cc3)CC2)n1. The molecule has 2 heterocycles. The zero-order chi connectivity index (χ0) is 17.3. The highest BCUT2D eigenvalue weighted by Gasteiger charge is 2.29. The Balaban J connectivity index is 1.73. The van der Waals surface area contributed by atoms with E-state index in [9.17, 15) is 12.8 Å². The molecule has 0 N–H and O–H groups in total. The number of hydrogen-bond acceptors (Lipinski definition) is 5. The van der Waals surface area contributed by atoms with Crippen LogP contribution in [0.5, 0.6) is 0 Å². The number of nitrogens with zero attached hydrogens (tertiary/aromatic N) is 4. The number of aryl methyl sites for hydroxylation is 2. The van der Waals surface area contributed by atoms with Gasteiger partial charge in [-0.2, -0.15) is 4.31 Å². The Labute approximate surface area is 141 Å². The Kier molecular flexibility index (Phi) is 4.51. The lowest BCUT2D eigenvalue weighted by molar-refractivity contribution is 0.382. The number of aromatic nitrogens is 2. The fraction of sp³-hybridized carbons (Fsp3) is 0.375. The summed E-state index contributed by atoms with van der Waals surface area (Å²) in [6, 6.07) is 6.81. The molecular formula is C16H19FN4O2S. The van der Waals surface area contributed by atoms with E-state index in [1.165, 1.54) is 16.4 Å². The van der Waals surface area contributed by atoms with E-state index in [1.54, 1.807) is 0 Å². The lowest BCUT2D eigenvalue weighted by Crippen LogP contribution is -2.49. The second kappa shape index (κ2) is 6.45. The number of halogens is 1. The third-order valence-corrected chi connectivity index (χ3v) is 5.86. The van der Waals surface area contributed by atoms with Gasteiger partial charge in [-0.05, 0) is 44.2 Å². The highest BCUT2D eigenvalue weighted by Crippen LogP contribution is 2.20. The maximum absolute atomic E-state index is 13.0. The lowest BCUT2D eigenvalue weighted by Gasteiger charge is -2.34. The molecule has 1 aromatic heterocycles. The highest BCUT2D eigenvalue weighted by molar-refractivity contribution is 7.89. The smallest absolute Gasteiger partial charge is 0.243 e. The Hall–Kier alpha value is -2.06. The van der Waals surface area contributed by atoms with Gasteiger partial charge in [0.15, 0.2) is 0 Å². The zero-order valence-corrected chi connectivity index (χ0v) is 14.4. The number of rotatable bonds is 3. The molecule has 24 heavy (non-hydrogen) atoms. The quantitative estimate of drug-likeness (QED) is 0.844. The van der Waals surface area contributed by atoms with Crippen LogP contribution >= 0.6 is 0 Å². The molecule has 128 valence electrons. The normalized spacial score (nSPS) is 16.4. The fourth-order valence-corrected chi connectivity index (χ4v) is 4.16. The molecule has 0 saturated carbocycles. The van der Waals surface area contributed by atoms with Gasteiger partial charge < -0.3 is 4.90 Å². The van der Waals surface area contributed by atoms with Crippen molar-refractivity contribution >= 4 is 16.0 Å². The summed E-state index contributed by atoms with van der Waals surface area (Å²) in [4.78, 5) is 10.9. The van der Waals surface area contributed by atoms with Crippen molar-refractivity contribution in [3.8, 4) is 0 Å². The van der Waals surface area contributed by atoms with Crippen molar-refractivity contribution in [2.24, 2.45) is 0 Å². The molecule has 0 radical (unpaired) electrons. The number of anilines is 1. The molecule has 0 atom stereocenters. The molecule has 8 heteroatoms. The van der Waals surface area contributed by atoms with Crippen LogP contribution in [0.25, 0.3) is 0 Å². The van der Waals surface area contributed by atoms with E-state index in [0.717, 1.165) is 23.5 Å². The van der Waals surface area contributed by atoms with E-state index in [0.29, 0.717) is 32.1 Å². The van der Waals surface area contributed by atoms with Gasteiger partial charge in [-0.15, -0.1) is 0 Å². The molecule has 1 fully saturated rings. The van der Waals surface area contributed by atoms with Gasteiger partial charge in [0.2, 0.25) is 16.0 Å². The molecule has 1 aromatic carbocycles. The number of piperazine rings is 1. The minimum atomic E-state index is -3.60. The monoisotopic (exact) mass is 350 g/mol. The summed E-state index contributed by atoms with van der Waals surface area (Å²) in [5.41, 5.74) is 1.78. The van der Waals surface area contributed by atoms with Crippen molar-refractivity contribution in [1.29, 1.82) is 0 Å². The van der Waals surface area contributed by atoms with Crippen LogP contribution in [-0.2, 0) is 10.0 Å². The molecule has 3 rings (SSSR count). The van der Waals surface area contributed by atoms with Crippen molar-refractivity contribution in [1.82, 2.24) is 14.3 Å². The summed E-state index contributed by atoms with van der Waals surface area (Å²) >= 11 is 0. The lowest BCUT2D eigenvalue weighted by atomic mass is 10.3. The van der Waals surface area contributed by atoms with Crippen molar-refractivity contribution in [2.75, 3.05) is 31.1 Å². The maximum Gasteiger partial charge on any atom is 0.243 e. The molecule has 0 aliphatic carbocycles. The first-order chi connectivity index (χ1) is 11.4. The standard InChI is InChI=1S/C16H19FN4O2S/c1-12-11-13(2)19-16(18-12)20-7-9-21(10-8-20)24(22,23)15-5-3-14(17)4-6-15/h3-6,11H,7-10H2,1-2H3. The zero-order valence-electron chi connectivity index (χ0n) is 13.6. The van der Waals surface area contributed by atoms with E-state index in [4.69, 9.17) is 0 Å². The molecule has 1 saturated heterocycles. The van der Waals surface area contributed by atoms with E-state index < -0.39 is 15.8 Å². The average molecular weight is 350 g/mol. The van der Waals surface area contributed by atoms with Crippen LogP contribution in [0.15, 0.2) is 35.2 Å². The molecule has 0 amide bonds. The Morgan fingerprint density at radius 2 is 1.50 bits per heavy atom. The second-order valence-corrected chi connectivity index (χ2v) is 7.73. The predicted octanol–water partition coefficient (Wildman–Crippen LogP) is 1.74. The number of hydrogen-bond donors (Lipinski definition) is 0. The second-order valence-electron chi connectivity index (χ2n) is 5.80. The highest BCUT2D eigenvalue weighted by atomic mass is 32.2. The first-order valence-corrected chi connectivity index (χ1v) is 9.13. The fourth-order valence-electron chi connectivity index (χ4n) is 2.73. The summed E-state index contributed by atoms with van der Waals surface area (Å²) in [6.45, 7) is 5.54. The van der Waals surface area contributed by atoms with Gasteiger partial charge in [0.05, 0.1) is 4.90 Å². The van der Waals surface area contributed by atoms with Crippen molar-refractivity contribution in [3.63, 3.8) is 0 Å². The molecule has 0 bridgehead atoms. The van der Waals surface area contributed by atoms with Crippen LogP contribution in [0.4, 0.5) is 10.3 Å². The Bertz CT molecular complexity index is 811. The van der Waals surface area contributed by atoms with Crippen LogP contribution in [0.3, 0.4) is 0 Å². The third kappa shape index (κ3) is 3.39. The van der Waals surface area contributed by atoms with Gasteiger partial charge in [-0.1, -0.05) is 0 Å². The minimum Gasteiger partial charge on any atom is -0.338 e. The molecule has 2 aromatic rings. The van der Waals surface area contributed by atoms with Gasteiger partial charge in [0, 0.05) is 37.6 Å². The largest absolute Gasteiger partial charge is 0.338 e. The summed E-state index contributed by atoms with van der Waals surface area (Å²) in [7, 11) is -3.60. The van der Waals surface area contributed by atoms with Gasteiger partial charge >= 0.3 is 0 Å². The third-order valence-electron chi connectivity index (χ3n) is 3.94. The van der Waals surface area contributed by atoms with Gasteiger partial charge in [0.1, 0.15) is 5.82 Å². The van der Waals surface area contributed by atoms with Crippen LogP contribution in [0.2, 0.25) is 0 Å². The van der Waals surface area contributed by atoms with E-state index in [1.807, 2.05) is 24.8 Å². The topological polar surface area (TPSA) is 66.4 Å². The summed E-state index contributed by atoms with van der Waals surface area (Å²) in [6.07, 6.45) is 0. The summed E-state index contributed by atoms with van der Waals surface area (Å²) in [5, 5.41) is 0. The van der Waals surface area contributed by atoms with E-state index in [-0.39, 0.29) is 4.90 Å². The molecule has 0 unspecified atom stereocenters. The summed E-state index contributed by atoms with van der Waals surface area (Å²) < 4.78 is 39.6. The Morgan fingerprint density at radius 1 is 0.958 bits per heavy atom. The summed E-state index contributed by atoms with van der Waals surface area (Å²) in [5.74, 6) is 0.178. The van der Waals surface area contributed by atoms with Gasteiger partial charge in [0.25, 0.3) is 0 Å². The minimum absolute atomic E-state index is 0.111. The molecule has 1 aliphatic rings. The van der Waals surface area contributed by atoms with Crippen molar-refractivity contribution < 1.29 is 12.8 Å². The maximum atomic E-state index is 13.0. The van der Waals surface area contributed by atoms with Gasteiger partial charge in [-0.3, -0.25) is 0 Å². The number of sulfonamides is 1. The van der Waals surface area contributed by atoms with Crippen LogP contribution in [0, 0.1) is 19.7 Å². The first-order valence-electron chi connectivity index (χ1n) is 7.69. The molecule has 1 aliphatic heterocycles. The van der Waals surface area contributed by atoms with E-state index >= 15 is 0 Å². The molecule has 6 nitrogen and oxygen atoms in total. The van der Waals surface area contributed by atoms with Crippen LogP contribution < -0.4 is 4.90 Å². The predicted molar refractivity (Wildman–Crippen MR) is 88.9 cm³/mol. The van der Waals surface area contributed by atoms with E-state index in [2.05, 4.69) is 9.97 Å². The Morgan fingerprint density at radius 3 is 2.04 bits per heavy atom. The average Bonchev–Trinajstić information content (AvgIpc) is 2.54. The van der Waals surface area contributed by atoms with Crippen molar-refractivity contribution in [2.45, 2.75) is 18.7 Å². The molecular weight excluding hydrogens is 331 g/mol. The first kappa shape index (κ1) is 16.8.